The van der Waals surface area contributed by atoms with Crippen molar-refractivity contribution >= 4 is 41.2 Å². The van der Waals surface area contributed by atoms with Crippen LogP contribution in [0, 0.1) is 5.92 Å². The van der Waals surface area contributed by atoms with Gasteiger partial charge in [0.25, 0.3) is 11.8 Å². The summed E-state index contributed by atoms with van der Waals surface area (Å²) in [5, 5.41) is 7.28. The van der Waals surface area contributed by atoms with Gasteiger partial charge in [-0.05, 0) is 36.2 Å². The van der Waals surface area contributed by atoms with Crippen molar-refractivity contribution in [2.45, 2.75) is 19.9 Å². The molecule has 2 N–H and O–H groups in total. The second kappa shape index (κ2) is 10.1. The number of nitrogens with zero attached hydrogens (tertiary/aromatic N) is 1. The monoisotopic (exact) mass is 421 g/mol. The zero-order chi connectivity index (χ0) is 20.7. The lowest BCUT2D eigenvalue weighted by Crippen LogP contribution is -2.48. The minimum absolute atomic E-state index is 0.159. The lowest BCUT2D eigenvalue weighted by atomic mass is 10.0. The van der Waals surface area contributed by atoms with Gasteiger partial charge in [0.15, 0.2) is 0 Å². The van der Waals surface area contributed by atoms with Gasteiger partial charge < -0.3 is 10.1 Å². The molecule has 8 heteroatoms. The Hall–Kier alpha value is -2.57. The fourth-order valence-corrected chi connectivity index (χ4v) is 2.70. The quantitative estimate of drug-likeness (QED) is 0.525. The number of rotatable bonds is 7. The highest BCUT2D eigenvalue weighted by Crippen LogP contribution is 2.22. The topological polar surface area (TPSA) is 79.8 Å². The first kappa shape index (κ1) is 21.7. The van der Waals surface area contributed by atoms with Crippen LogP contribution in [0.1, 0.15) is 29.8 Å². The highest BCUT2D eigenvalue weighted by molar-refractivity contribution is 6.42. The van der Waals surface area contributed by atoms with Crippen molar-refractivity contribution in [2.24, 2.45) is 11.0 Å². The Kier molecular flexibility index (Phi) is 7.84. The number of para-hydroxylation sites is 1. The van der Waals surface area contributed by atoms with Crippen molar-refractivity contribution in [3.05, 3.63) is 63.6 Å². The summed E-state index contributed by atoms with van der Waals surface area (Å²) < 4.78 is 5.23. The van der Waals surface area contributed by atoms with Gasteiger partial charge in [-0.3, -0.25) is 9.59 Å². The first-order valence-corrected chi connectivity index (χ1v) is 9.31. The van der Waals surface area contributed by atoms with Gasteiger partial charge in [0, 0.05) is 11.1 Å². The van der Waals surface area contributed by atoms with Crippen LogP contribution in [-0.2, 0) is 4.79 Å². The van der Waals surface area contributed by atoms with Gasteiger partial charge >= 0.3 is 0 Å². The SMILES string of the molecule is COc1ccccc1C=NNC(=O)C(NC(=O)c1ccc(Cl)c(Cl)c1)C(C)C. The molecule has 0 aromatic heterocycles. The Labute approximate surface area is 173 Å². The van der Waals surface area contributed by atoms with Crippen LogP contribution in [0.3, 0.4) is 0 Å². The van der Waals surface area contributed by atoms with Crippen molar-refractivity contribution in [3.63, 3.8) is 0 Å². The molecule has 6 nitrogen and oxygen atoms in total. The number of nitrogens with one attached hydrogen (secondary N) is 2. The van der Waals surface area contributed by atoms with Gasteiger partial charge in [-0.15, -0.1) is 0 Å². The largest absolute Gasteiger partial charge is 0.496 e. The van der Waals surface area contributed by atoms with E-state index >= 15 is 0 Å². The Morgan fingerprint density at radius 1 is 1.11 bits per heavy atom. The molecule has 2 aromatic rings. The molecule has 1 atom stereocenters. The molecule has 1 unspecified atom stereocenters. The Bertz CT molecular complexity index is 885. The molecule has 0 saturated heterocycles. The number of hydrogen-bond acceptors (Lipinski definition) is 4. The predicted octanol–water partition coefficient (Wildman–Crippen LogP) is 3.91. The number of benzene rings is 2. The first-order chi connectivity index (χ1) is 13.3. The van der Waals surface area contributed by atoms with Gasteiger partial charge in [-0.1, -0.05) is 49.2 Å². The highest BCUT2D eigenvalue weighted by Gasteiger charge is 2.24. The van der Waals surface area contributed by atoms with Crippen LogP contribution in [0.25, 0.3) is 0 Å². The fourth-order valence-electron chi connectivity index (χ4n) is 2.40. The van der Waals surface area contributed by atoms with Crippen molar-refractivity contribution in [1.82, 2.24) is 10.7 Å². The third-order valence-corrected chi connectivity index (χ3v) is 4.67. The average Bonchev–Trinajstić information content (AvgIpc) is 2.68. The molecule has 0 spiro atoms. The van der Waals surface area contributed by atoms with Crippen molar-refractivity contribution in [1.29, 1.82) is 0 Å². The normalized spacial score (nSPS) is 12.1. The van der Waals surface area contributed by atoms with Crippen LogP contribution in [0.2, 0.25) is 10.0 Å². The standard InChI is InChI=1S/C20H21Cl2N3O3/c1-12(2)18(24-19(26)13-8-9-15(21)16(22)10-13)20(27)25-23-11-14-6-4-5-7-17(14)28-3/h4-12,18H,1-3H3,(H,24,26)(H,25,27). The van der Waals surface area contributed by atoms with Gasteiger partial charge in [-0.2, -0.15) is 5.10 Å². The van der Waals surface area contributed by atoms with Gasteiger partial charge in [0.1, 0.15) is 11.8 Å². The number of amides is 2. The molecule has 148 valence electrons. The second-order valence-corrected chi connectivity index (χ2v) is 7.11. The van der Waals surface area contributed by atoms with Crippen LogP contribution in [0.5, 0.6) is 5.75 Å². The summed E-state index contributed by atoms with van der Waals surface area (Å²) in [6.45, 7) is 3.65. The molecule has 0 fully saturated rings. The van der Waals surface area contributed by atoms with Gasteiger partial charge in [0.05, 0.1) is 23.4 Å². The lowest BCUT2D eigenvalue weighted by molar-refractivity contribution is -0.123. The van der Waals surface area contributed by atoms with E-state index in [1.54, 1.807) is 25.3 Å². The molecule has 2 amide bonds. The van der Waals surface area contributed by atoms with E-state index in [-0.39, 0.29) is 10.9 Å². The van der Waals surface area contributed by atoms with E-state index in [0.29, 0.717) is 21.9 Å². The van der Waals surface area contributed by atoms with E-state index in [4.69, 9.17) is 27.9 Å². The molecule has 2 rings (SSSR count). The number of ether oxygens (including phenoxy) is 1. The molecule has 0 heterocycles. The smallest absolute Gasteiger partial charge is 0.262 e. The third kappa shape index (κ3) is 5.71. The van der Waals surface area contributed by atoms with Gasteiger partial charge in [0.2, 0.25) is 0 Å². The van der Waals surface area contributed by atoms with E-state index in [0.717, 1.165) is 0 Å². The Balaban J connectivity index is 2.06. The number of carbonyl (C=O) groups excluding carboxylic acids is 2. The Morgan fingerprint density at radius 3 is 2.46 bits per heavy atom. The van der Waals surface area contributed by atoms with E-state index in [9.17, 15) is 9.59 Å². The maximum atomic E-state index is 12.5. The van der Waals surface area contributed by atoms with Crippen LogP contribution in [0.15, 0.2) is 47.6 Å². The van der Waals surface area contributed by atoms with E-state index < -0.39 is 17.9 Å². The molecular weight excluding hydrogens is 401 g/mol. The third-order valence-electron chi connectivity index (χ3n) is 3.93. The van der Waals surface area contributed by atoms with E-state index in [1.807, 2.05) is 26.0 Å². The first-order valence-electron chi connectivity index (χ1n) is 8.55. The number of hydrogen-bond donors (Lipinski definition) is 2. The van der Waals surface area contributed by atoms with Crippen LogP contribution < -0.4 is 15.5 Å². The molecule has 0 aliphatic rings. The van der Waals surface area contributed by atoms with Crippen molar-refractivity contribution < 1.29 is 14.3 Å². The summed E-state index contributed by atoms with van der Waals surface area (Å²) in [5.74, 6) is -0.391. The number of halogens is 2. The molecule has 2 aromatic carbocycles. The summed E-state index contributed by atoms with van der Waals surface area (Å²) in [5.41, 5.74) is 3.48. The minimum Gasteiger partial charge on any atom is -0.496 e. The summed E-state index contributed by atoms with van der Waals surface area (Å²) in [6, 6.07) is 11.0. The zero-order valence-corrected chi connectivity index (χ0v) is 17.2. The van der Waals surface area contributed by atoms with E-state index in [1.165, 1.54) is 18.3 Å². The number of carbonyl (C=O) groups is 2. The summed E-state index contributed by atoms with van der Waals surface area (Å²) in [6.07, 6.45) is 1.48. The number of hydrazone groups is 1. The minimum atomic E-state index is -0.781. The van der Waals surface area contributed by atoms with Crippen LogP contribution >= 0.6 is 23.2 Å². The van der Waals surface area contributed by atoms with Crippen molar-refractivity contribution in [2.75, 3.05) is 7.11 Å². The van der Waals surface area contributed by atoms with Crippen molar-refractivity contribution in [3.8, 4) is 5.75 Å². The maximum Gasteiger partial charge on any atom is 0.262 e. The Morgan fingerprint density at radius 2 is 1.82 bits per heavy atom. The predicted molar refractivity (Wildman–Crippen MR) is 111 cm³/mol. The lowest BCUT2D eigenvalue weighted by Gasteiger charge is -2.20. The molecule has 0 aliphatic carbocycles. The molecule has 0 aliphatic heterocycles. The van der Waals surface area contributed by atoms with Crippen LogP contribution in [0.4, 0.5) is 0 Å². The molecule has 28 heavy (non-hydrogen) atoms. The zero-order valence-electron chi connectivity index (χ0n) is 15.7. The second-order valence-electron chi connectivity index (χ2n) is 6.30. The van der Waals surface area contributed by atoms with Gasteiger partial charge in [-0.25, -0.2) is 5.43 Å². The average molecular weight is 422 g/mol. The maximum absolute atomic E-state index is 12.5. The summed E-state index contributed by atoms with van der Waals surface area (Å²) >= 11 is 11.8. The van der Waals surface area contributed by atoms with Crippen LogP contribution in [-0.4, -0.2) is 31.2 Å². The molecule has 0 bridgehead atoms. The fraction of sp³-hybridized carbons (Fsp3) is 0.250. The number of methoxy groups -OCH3 is 1. The van der Waals surface area contributed by atoms with E-state index in [2.05, 4.69) is 15.8 Å². The molecular formula is C20H21Cl2N3O3. The molecule has 0 saturated carbocycles. The molecule has 0 radical (unpaired) electrons. The highest BCUT2D eigenvalue weighted by atomic mass is 35.5. The summed E-state index contributed by atoms with van der Waals surface area (Å²) in [4.78, 5) is 25.0. The summed E-state index contributed by atoms with van der Waals surface area (Å²) in [7, 11) is 1.55.